The fraction of sp³-hybridized carbons (Fsp3) is 0.909. The molecule has 0 bridgehead atoms. The summed E-state index contributed by atoms with van der Waals surface area (Å²) in [5, 5.41) is 3.26. The quantitative estimate of drug-likeness (QED) is 0.703. The predicted molar refractivity (Wildman–Crippen MR) is 56.1 cm³/mol. The van der Waals surface area contributed by atoms with Gasteiger partial charge in [0.1, 0.15) is 5.54 Å². The molecular weight excluding hydrogens is 178 g/mol. The second-order valence-electron chi connectivity index (χ2n) is 4.40. The molecule has 3 heteroatoms. The third kappa shape index (κ3) is 2.47. The molecule has 1 rings (SSSR count). The molecule has 1 aliphatic rings. The molecule has 0 amide bonds. The summed E-state index contributed by atoms with van der Waals surface area (Å²) in [6.07, 6.45) is 4.50. The van der Waals surface area contributed by atoms with Gasteiger partial charge in [0.25, 0.3) is 0 Å². The average Bonchev–Trinajstić information content (AvgIpc) is 2.17. The first kappa shape index (κ1) is 11.5. The lowest BCUT2D eigenvalue weighted by atomic mass is 9.81. The summed E-state index contributed by atoms with van der Waals surface area (Å²) in [5.41, 5.74) is -0.452. The fourth-order valence-corrected chi connectivity index (χ4v) is 2.34. The molecule has 0 aromatic rings. The van der Waals surface area contributed by atoms with E-state index in [0.717, 1.165) is 13.0 Å². The average molecular weight is 199 g/mol. The lowest BCUT2D eigenvalue weighted by Gasteiger charge is -2.36. The van der Waals surface area contributed by atoms with Gasteiger partial charge < -0.3 is 10.1 Å². The van der Waals surface area contributed by atoms with Gasteiger partial charge in [-0.05, 0) is 32.2 Å². The Morgan fingerprint density at radius 1 is 1.64 bits per heavy atom. The van der Waals surface area contributed by atoms with Crippen molar-refractivity contribution >= 4 is 5.97 Å². The molecule has 1 N–H and O–H groups in total. The molecule has 0 aromatic heterocycles. The van der Waals surface area contributed by atoms with Crippen LogP contribution in [0.4, 0.5) is 0 Å². The Kier molecular flexibility index (Phi) is 3.93. The number of methoxy groups -OCH3 is 1. The summed E-state index contributed by atoms with van der Waals surface area (Å²) >= 11 is 0. The molecule has 0 saturated carbocycles. The molecule has 0 aromatic carbocycles. The van der Waals surface area contributed by atoms with E-state index in [-0.39, 0.29) is 5.97 Å². The van der Waals surface area contributed by atoms with E-state index < -0.39 is 5.54 Å². The Balaban J connectivity index is 2.57. The van der Waals surface area contributed by atoms with Crippen LogP contribution in [0, 0.1) is 5.92 Å². The van der Waals surface area contributed by atoms with Crippen molar-refractivity contribution in [2.75, 3.05) is 13.7 Å². The topological polar surface area (TPSA) is 38.3 Å². The zero-order valence-corrected chi connectivity index (χ0v) is 9.43. The summed E-state index contributed by atoms with van der Waals surface area (Å²) in [5.74, 6) is 0.545. The van der Waals surface area contributed by atoms with Gasteiger partial charge in [-0.25, -0.2) is 0 Å². The van der Waals surface area contributed by atoms with Gasteiger partial charge in [-0.2, -0.15) is 0 Å². The lowest BCUT2D eigenvalue weighted by Crippen LogP contribution is -2.54. The van der Waals surface area contributed by atoms with Gasteiger partial charge in [0.15, 0.2) is 0 Å². The lowest BCUT2D eigenvalue weighted by molar-refractivity contribution is -0.149. The van der Waals surface area contributed by atoms with Crippen molar-refractivity contribution in [2.24, 2.45) is 5.92 Å². The summed E-state index contributed by atoms with van der Waals surface area (Å²) in [7, 11) is 1.46. The van der Waals surface area contributed by atoms with Crippen LogP contribution in [-0.2, 0) is 9.53 Å². The van der Waals surface area contributed by atoms with Crippen molar-refractivity contribution in [1.29, 1.82) is 0 Å². The van der Waals surface area contributed by atoms with Crippen molar-refractivity contribution in [3.63, 3.8) is 0 Å². The molecule has 1 fully saturated rings. The molecule has 82 valence electrons. The van der Waals surface area contributed by atoms with Crippen molar-refractivity contribution in [3.8, 4) is 0 Å². The number of carbonyl (C=O) groups is 1. The Bertz CT molecular complexity index is 203. The standard InChI is InChI=1S/C11H21NO2/c1-4-5-9-6-7-12-11(2,8-9)10(13)14-3/h9,12H,4-8H2,1-3H3. The van der Waals surface area contributed by atoms with Crippen LogP contribution in [0.5, 0.6) is 0 Å². The summed E-state index contributed by atoms with van der Waals surface area (Å²) in [6.45, 7) is 5.06. The monoisotopic (exact) mass is 199 g/mol. The van der Waals surface area contributed by atoms with Crippen LogP contribution in [0.1, 0.15) is 39.5 Å². The Morgan fingerprint density at radius 3 is 2.93 bits per heavy atom. The molecule has 1 aliphatic heterocycles. The molecule has 0 spiro atoms. The largest absolute Gasteiger partial charge is 0.468 e. The molecule has 1 saturated heterocycles. The molecule has 0 aliphatic carbocycles. The molecule has 0 radical (unpaired) electrons. The van der Waals surface area contributed by atoms with Gasteiger partial charge in [-0.3, -0.25) is 4.79 Å². The SMILES string of the molecule is CCCC1CCNC(C)(C(=O)OC)C1. The Labute approximate surface area is 86.2 Å². The summed E-state index contributed by atoms with van der Waals surface area (Å²) < 4.78 is 4.82. The number of hydrogen-bond acceptors (Lipinski definition) is 3. The third-order valence-corrected chi connectivity index (χ3v) is 3.10. The van der Waals surface area contributed by atoms with Gasteiger partial charge in [0.05, 0.1) is 7.11 Å². The molecule has 3 nitrogen and oxygen atoms in total. The predicted octanol–water partition coefficient (Wildman–Crippen LogP) is 1.72. The van der Waals surface area contributed by atoms with E-state index in [9.17, 15) is 4.79 Å². The number of nitrogens with one attached hydrogen (secondary N) is 1. The van der Waals surface area contributed by atoms with Gasteiger partial charge in [0, 0.05) is 0 Å². The van der Waals surface area contributed by atoms with Crippen LogP contribution in [0.3, 0.4) is 0 Å². The summed E-state index contributed by atoms with van der Waals surface area (Å²) in [6, 6.07) is 0. The maximum absolute atomic E-state index is 11.6. The minimum atomic E-state index is -0.452. The first-order valence-corrected chi connectivity index (χ1v) is 5.46. The normalized spacial score (nSPS) is 32.6. The number of hydrogen-bond donors (Lipinski definition) is 1. The highest BCUT2D eigenvalue weighted by Crippen LogP contribution is 2.28. The highest BCUT2D eigenvalue weighted by molar-refractivity contribution is 5.80. The van der Waals surface area contributed by atoms with Crippen LogP contribution < -0.4 is 5.32 Å². The number of esters is 1. The highest BCUT2D eigenvalue weighted by Gasteiger charge is 2.38. The van der Waals surface area contributed by atoms with Crippen LogP contribution in [0.2, 0.25) is 0 Å². The van der Waals surface area contributed by atoms with Crippen LogP contribution in [-0.4, -0.2) is 25.2 Å². The maximum atomic E-state index is 11.6. The third-order valence-electron chi connectivity index (χ3n) is 3.10. The van der Waals surface area contributed by atoms with Crippen molar-refractivity contribution in [3.05, 3.63) is 0 Å². The fourth-order valence-electron chi connectivity index (χ4n) is 2.34. The number of ether oxygens (including phenoxy) is 1. The molecule has 2 atom stereocenters. The maximum Gasteiger partial charge on any atom is 0.325 e. The second kappa shape index (κ2) is 4.78. The van der Waals surface area contributed by atoms with Gasteiger partial charge in [-0.15, -0.1) is 0 Å². The highest BCUT2D eigenvalue weighted by atomic mass is 16.5. The van der Waals surface area contributed by atoms with Crippen LogP contribution in [0.25, 0.3) is 0 Å². The smallest absolute Gasteiger partial charge is 0.325 e. The first-order chi connectivity index (χ1) is 6.62. The number of carbonyl (C=O) groups excluding carboxylic acids is 1. The number of rotatable bonds is 3. The number of piperidine rings is 1. The van der Waals surface area contributed by atoms with E-state index in [1.165, 1.54) is 26.4 Å². The van der Waals surface area contributed by atoms with E-state index in [1.54, 1.807) is 0 Å². The van der Waals surface area contributed by atoms with E-state index in [0.29, 0.717) is 5.92 Å². The molecule has 14 heavy (non-hydrogen) atoms. The minimum Gasteiger partial charge on any atom is -0.468 e. The Morgan fingerprint density at radius 2 is 2.36 bits per heavy atom. The van der Waals surface area contributed by atoms with Crippen molar-refractivity contribution in [2.45, 2.75) is 45.1 Å². The zero-order chi connectivity index (χ0) is 10.6. The van der Waals surface area contributed by atoms with E-state index in [4.69, 9.17) is 4.74 Å². The molecular formula is C11H21NO2. The van der Waals surface area contributed by atoms with Crippen molar-refractivity contribution in [1.82, 2.24) is 5.32 Å². The van der Waals surface area contributed by atoms with Gasteiger partial charge in [-0.1, -0.05) is 19.8 Å². The molecule has 1 heterocycles. The zero-order valence-electron chi connectivity index (χ0n) is 9.43. The van der Waals surface area contributed by atoms with E-state index in [2.05, 4.69) is 12.2 Å². The molecule has 2 unspecified atom stereocenters. The first-order valence-electron chi connectivity index (χ1n) is 5.46. The van der Waals surface area contributed by atoms with Gasteiger partial charge >= 0.3 is 5.97 Å². The van der Waals surface area contributed by atoms with Gasteiger partial charge in [0.2, 0.25) is 0 Å². The van der Waals surface area contributed by atoms with E-state index >= 15 is 0 Å². The van der Waals surface area contributed by atoms with E-state index in [1.807, 2.05) is 6.92 Å². The van der Waals surface area contributed by atoms with Crippen molar-refractivity contribution < 1.29 is 9.53 Å². The second-order valence-corrected chi connectivity index (χ2v) is 4.40. The Hall–Kier alpha value is -0.570. The summed E-state index contributed by atoms with van der Waals surface area (Å²) in [4.78, 5) is 11.6. The minimum absolute atomic E-state index is 0.127. The van der Waals surface area contributed by atoms with Crippen LogP contribution in [0.15, 0.2) is 0 Å². The van der Waals surface area contributed by atoms with Crippen LogP contribution >= 0.6 is 0 Å².